The molecule has 1 amide bonds. The van der Waals surface area contributed by atoms with Crippen LogP contribution in [-0.4, -0.2) is 35.4 Å². The van der Waals surface area contributed by atoms with Crippen molar-refractivity contribution in [2.45, 2.75) is 39.7 Å². The average Bonchev–Trinajstić information content (AvgIpc) is 3.18. The van der Waals surface area contributed by atoms with Gasteiger partial charge in [-0.25, -0.2) is 4.98 Å². The normalized spacial score (nSPS) is 18.7. The molecule has 1 atom stereocenters. The molecule has 0 aromatic carbocycles. The van der Waals surface area contributed by atoms with E-state index in [0.29, 0.717) is 6.54 Å². The number of carbonyl (C=O) groups is 1. The predicted molar refractivity (Wildman–Crippen MR) is 95.0 cm³/mol. The first kappa shape index (κ1) is 17.2. The van der Waals surface area contributed by atoms with Gasteiger partial charge >= 0.3 is 0 Å². The van der Waals surface area contributed by atoms with Crippen molar-refractivity contribution in [1.82, 2.24) is 15.2 Å². The van der Waals surface area contributed by atoms with Crippen LogP contribution in [0, 0.1) is 19.8 Å². The SMILES string of the molecule is Cc1nc(CCNC(=O)C2CCCN(Cc3ccco3)C2)sc1C. The molecule has 1 aliphatic rings. The van der Waals surface area contributed by atoms with Crippen LogP contribution in [0.15, 0.2) is 22.8 Å². The number of hydrogen-bond donors (Lipinski definition) is 1. The van der Waals surface area contributed by atoms with Gasteiger partial charge in [0, 0.05) is 24.4 Å². The number of likely N-dealkylation sites (tertiary alicyclic amines) is 1. The van der Waals surface area contributed by atoms with Gasteiger partial charge in [-0.1, -0.05) is 0 Å². The van der Waals surface area contributed by atoms with Gasteiger partial charge in [-0.15, -0.1) is 11.3 Å². The van der Waals surface area contributed by atoms with Gasteiger partial charge in [0.1, 0.15) is 5.76 Å². The van der Waals surface area contributed by atoms with Crippen LogP contribution in [0.25, 0.3) is 0 Å². The van der Waals surface area contributed by atoms with Crippen molar-refractivity contribution in [2.24, 2.45) is 5.92 Å². The third-order valence-electron chi connectivity index (χ3n) is 4.55. The number of nitrogens with zero attached hydrogens (tertiary/aromatic N) is 2. The van der Waals surface area contributed by atoms with Crippen molar-refractivity contribution in [3.05, 3.63) is 39.7 Å². The highest BCUT2D eigenvalue weighted by Crippen LogP contribution is 2.19. The highest BCUT2D eigenvalue weighted by Gasteiger charge is 2.26. The molecule has 1 fully saturated rings. The second-order valence-electron chi connectivity index (χ2n) is 6.44. The van der Waals surface area contributed by atoms with E-state index in [-0.39, 0.29) is 11.8 Å². The minimum Gasteiger partial charge on any atom is -0.468 e. The molecule has 3 rings (SSSR count). The molecule has 5 nitrogen and oxygen atoms in total. The van der Waals surface area contributed by atoms with Crippen molar-refractivity contribution in [3.63, 3.8) is 0 Å². The Morgan fingerprint density at radius 1 is 1.50 bits per heavy atom. The van der Waals surface area contributed by atoms with Gasteiger partial charge in [0.2, 0.25) is 5.91 Å². The molecule has 6 heteroatoms. The van der Waals surface area contributed by atoms with Crippen molar-refractivity contribution in [1.29, 1.82) is 0 Å². The average molecular weight is 347 g/mol. The molecule has 1 N–H and O–H groups in total. The molecule has 0 saturated carbocycles. The van der Waals surface area contributed by atoms with Gasteiger partial charge in [-0.05, 0) is 45.4 Å². The minimum absolute atomic E-state index is 0.0773. The minimum atomic E-state index is 0.0773. The summed E-state index contributed by atoms with van der Waals surface area (Å²) in [6.07, 6.45) is 4.54. The van der Waals surface area contributed by atoms with Crippen molar-refractivity contribution >= 4 is 17.2 Å². The predicted octanol–water partition coefficient (Wildman–Crippen LogP) is 2.92. The number of amides is 1. The number of aromatic nitrogens is 1. The smallest absolute Gasteiger partial charge is 0.224 e. The Morgan fingerprint density at radius 3 is 3.08 bits per heavy atom. The lowest BCUT2D eigenvalue weighted by Crippen LogP contribution is -2.43. The van der Waals surface area contributed by atoms with Gasteiger partial charge in [0.25, 0.3) is 0 Å². The summed E-state index contributed by atoms with van der Waals surface area (Å²) in [4.78, 5) is 20.5. The number of carbonyl (C=O) groups excluding carboxylic acids is 1. The molecule has 3 heterocycles. The lowest BCUT2D eigenvalue weighted by molar-refractivity contribution is -0.126. The van der Waals surface area contributed by atoms with E-state index in [0.717, 1.165) is 55.4 Å². The van der Waals surface area contributed by atoms with E-state index in [4.69, 9.17) is 4.42 Å². The lowest BCUT2D eigenvalue weighted by atomic mass is 9.97. The Bertz CT molecular complexity index is 646. The third kappa shape index (κ3) is 4.45. The Morgan fingerprint density at radius 2 is 2.38 bits per heavy atom. The van der Waals surface area contributed by atoms with Crippen molar-refractivity contribution in [3.8, 4) is 0 Å². The fourth-order valence-electron chi connectivity index (χ4n) is 3.12. The molecule has 24 heavy (non-hydrogen) atoms. The maximum atomic E-state index is 12.4. The molecule has 2 aromatic rings. The number of rotatable bonds is 6. The molecule has 130 valence electrons. The molecular weight excluding hydrogens is 322 g/mol. The van der Waals surface area contributed by atoms with E-state index in [9.17, 15) is 4.79 Å². The van der Waals surface area contributed by atoms with E-state index in [2.05, 4.69) is 22.1 Å². The monoisotopic (exact) mass is 347 g/mol. The van der Waals surface area contributed by atoms with E-state index >= 15 is 0 Å². The van der Waals surface area contributed by atoms with Gasteiger partial charge in [-0.2, -0.15) is 0 Å². The number of aryl methyl sites for hydroxylation is 2. The standard InChI is InChI=1S/C18H25N3O2S/c1-13-14(2)24-17(20-13)7-8-19-18(22)15-5-3-9-21(11-15)12-16-6-4-10-23-16/h4,6,10,15H,3,5,7-9,11-12H2,1-2H3,(H,19,22). The summed E-state index contributed by atoms with van der Waals surface area (Å²) in [6.45, 7) is 7.41. The van der Waals surface area contributed by atoms with E-state index in [1.54, 1.807) is 17.6 Å². The molecule has 0 radical (unpaired) electrons. The van der Waals surface area contributed by atoms with Crippen LogP contribution in [0.2, 0.25) is 0 Å². The van der Waals surface area contributed by atoms with Gasteiger partial charge in [-0.3, -0.25) is 9.69 Å². The molecule has 1 saturated heterocycles. The summed E-state index contributed by atoms with van der Waals surface area (Å²) in [5, 5.41) is 4.19. The summed E-state index contributed by atoms with van der Waals surface area (Å²) in [5.41, 5.74) is 1.10. The summed E-state index contributed by atoms with van der Waals surface area (Å²) < 4.78 is 5.41. The molecule has 0 spiro atoms. The van der Waals surface area contributed by atoms with Crippen LogP contribution >= 0.6 is 11.3 Å². The zero-order valence-electron chi connectivity index (χ0n) is 14.4. The maximum absolute atomic E-state index is 12.4. The van der Waals surface area contributed by atoms with Crippen molar-refractivity contribution in [2.75, 3.05) is 19.6 Å². The molecule has 2 aromatic heterocycles. The number of nitrogens with one attached hydrogen (secondary N) is 1. The Labute approximate surface area is 147 Å². The van der Waals surface area contributed by atoms with Crippen LogP contribution in [-0.2, 0) is 17.8 Å². The van der Waals surface area contributed by atoms with E-state index < -0.39 is 0 Å². The Hall–Kier alpha value is -1.66. The zero-order valence-corrected chi connectivity index (χ0v) is 15.2. The quantitative estimate of drug-likeness (QED) is 0.873. The van der Waals surface area contributed by atoms with E-state index in [1.807, 2.05) is 19.1 Å². The molecule has 0 bridgehead atoms. The number of thiazole rings is 1. The number of furan rings is 1. The highest BCUT2D eigenvalue weighted by molar-refractivity contribution is 7.11. The summed E-state index contributed by atoms with van der Waals surface area (Å²) in [5.74, 6) is 1.21. The zero-order chi connectivity index (χ0) is 16.9. The molecular formula is C18H25N3O2S. The van der Waals surface area contributed by atoms with Crippen LogP contribution in [0.1, 0.15) is 34.2 Å². The fourth-order valence-corrected chi connectivity index (χ4v) is 4.05. The molecule has 1 aliphatic heterocycles. The van der Waals surface area contributed by atoms with Crippen LogP contribution in [0.3, 0.4) is 0 Å². The number of piperidine rings is 1. The first-order chi connectivity index (χ1) is 11.6. The first-order valence-corrected chi connectivity index (χ1v) is 9.39. The molecule has 0 aliphatic carbocycles. The third-order valence-corrected chi connectivity index (χ3v) is 5.68. The second-order valence-corrected chi connectivity index (χ2v) is 7.73. The second kappa shape index (κ2) is 7.94. The maximum Gasteiger partial charge on any atom is 0.224 e. The van der Waals surface area contributed by atoms with Crippen molar-refractivity contribution < 1.29 is 9.21 Å². The van der Waals surface area contributed by atoms with Gasteiger partial charge < -0.3 is 9.73 Å². The van der Waals surface area contributed by atoms with Crippen LogP contribution in [0.4, 0.5) is 0 Å². The topological polar surface area (TPSA) is 58.4 Å². The van der Waals surface area contributed by atoms with Gasteiger partial charge in [0.05, 0.1) is 29.4 Å². The molecule has 1 unspecified atom stereocenters. The summed E-state index contributed by atoms with van der Waals surface area (Å²) >= 11 is 1.72. The van der Waals surface area contributed by atoms with Gasteiger partial charge in [0.15, 0.2) is 0 Å². The Balaban J connectivity index is 1.44. The lowest BCUT2D eigenvalue weighted by Gasteiger charge is -2.31. The first-order valence-electron chi connectivity index (χ1n) is 8.57. The summed E-state index contributed by atoms with van der Waals surface area (Å²) in [6, 6.07) is 3.90. The van der Waals surface area contributed by atoms with Crippen LogP contribution < -0.4 is 5.32 Å². The fraction of sp³-hybridized carbons (Fsp3) is 0.556. The highest BCUT2D eigenvalue weighted by atomic mass is 32.1. The summed E-state index contributed by atoms with van der Waals surface area (Å²) in [7, 11) is 0. The largest absolute Gasteiger partial charge is 0.468 e. The number of hydrogen-bond acceptors (Lipinski definition) is 5. The Kier molecular flexibility index (Phi) is 5.68. The van der Waals surface area contributed by atoms with Crippen LogP contribution in [0.5, 0.6) is 0 Å². The van der Waals surface area contributed by atoms with E-state index in [1.165, 1.54) is 4.88 Å².